The van der Waals surface area contributed by atoms with Crippen molar-refractivity contribution in [1.29, 1.82) is 0 Å². The van der Waals surface area contributed by atoms with Crippen molar-refractivity contribution in [2.45, 2.75) is 30.2 Å². The van der Waals surface area contributed by atoms with E-state index in [-0.39, 0.29) is 0 Å². The maximum absolute atomic E-state index is 5.97. The standard InChI is InChI=1S/C14H20ClNS/c15-11-12-5-4-8-14(12)16-9-10-17-13-6-2-1-3-7-13/h1-3,6-7,12,14,16H,4-5,8-11H2. The minimum absolute atomic E-state index is 0.656. The van der Waals surface area contributed by atoms with E-state index >= 15 is 0 Å². The Morgan fingerprint density at radius 1 is 1.24 bits per heavy atom. The lowest BCUT2D eigenvalue weighted by Crippen LogP contribution is -2.34. The summed E-state index contributed by atoms with van der Waals surface area (Å²) < 4.78 is 0. The number of rotatable bonds is 6. The highest BCUT2D eigenvalue weighted by molar-refractivity contribution is 7.99. The first-order valence-electron chi connectivity index (χ1n) is 6.37. The molecular formula is C14H20ClNS. The molecule has 94 valence electrons. The predicted molar refractivity (Wildman–Crippen MR) is 77.0 cm³/mol. The zero-order valence-electron chi connectivity index (χ0n) is 10.1. The lowest BCUT2D eigenvalue weighted by molar-refractivity contribution is 0.442. The zero-order valence-corrected chi connectivity index (χ0v) is 11.6. The number of halogens is 1. The Labute approximate surface area is 113 Å². The molecule has 2 atom stereocenters. The summed E-state index contributed by atoms with van der Waals surface area (Å²) in [6.45, 7) is 1.08. The minimum Gasteiger partial charge on any atom is -0.313 e. The molecule has 0 amide bonds. The van der Waals surface area contributed by atoms with Crippen molar-refractivity contribution < 1.29 is 0 Å². The first-order valence-corrected chi connectivity index (χ1v) is 7.89. The fourth-order valence-electron chi connectivity index (χ4n) is 2.42. The summed E-state index contributed by atoms with van der Waals surface area (Å²) in [6, 6.07) is 11.2. The summed E-state index contributed by atoms with van der Waals surface area (Å²) in [6.07, 6.45) is 3.93. The lowest BCUT2D eigenvalue weighted by atomic mass is 10.1. The van der Waals surface area contributed by atoms with Gasteiger partial charge in [-0.2, -0.15) is 0 Å². The second kappa shape index (κ2) is 7.30. The fourth-order valence-corrected chi connectivity index (χ4v) is 3.59. The molecule has 0 aliphatic heterocycles. The van der Waals surface area contributed by atoms with Crippen LogP contribution < -0.4 is 5.32 Å². The Kier molecular flexibility index (Phi) is 5.69. The van der Waals surface area contributed by atoms with E-state index in [1.54, 1.807) is 0 Å². The van der Waals surface area contributed by atoms with Crippen LogP contribution in [-0.4, -0.2) is 24.2 Å². The van der Waals surface area contributed by atoms with Crippen molar-refractivity contribution >= 4 is 23.4 Å². The highest BCUT2D eigenvalue weighted by atomic mass is 35.5. The molecule has 1 nitrogen and oxygen atoms in total. The van der Waals surface area contributed by atoms with Gasteiger partial charge in [0.05, 0.1) is 0 Å². The number of hydrogen-bond donors (Lipinski definition) is 1. The Balaban J connectivity index is 1.63. The van der Waals surface area contributed by atoms with Gasteiger partial charge in [-0.05, 0) is 30.9 Å². The van der Waals surface area contributed by atoms with Crippen LogP contribution in [0.25, 0.3) is 0 Å². The first kappa shape index (κ1) is 13.3. The summed E-state index contributed by atoms with van der Waals surface area (Å²) >= 11 is 7.88. The number of alkyl halides is 1. The Bertz CT molecular complexity index is 317. The van der Waals surface area contributed by atoms with Gasteiger partial charge in [-0.1, -0.05) is 24.6 Å². The van der Waals surface area contributed by atoms with Gasteiger partial charge in [0.1, 0.15) is 0 Å². The molecule has 0 spiro atoms. The summed E-state index contributed by atoms with van der Waals surface area (Å²) in [7, 11) is 0. The minimum atomic E-state index is 0.656. The molecule has 1 N–H and O–H groups in total. The molecule has 0 saturated heterocycles. The fraction of sp³-hybridized carbons (Fsp3) is 0.571. The quantitative estimate of drug-likeness (QED) is 0.479. The zero-order chi connectivity index (χ0) is 11.9. The van der Waals surface area contributed by atoms with Crippen molar-refractivity contribution in [3.63, 3.8) is 0 Å². The SMILES string of the molecule is ClCC1CCCC1NCCSc1ccccc1. The first-order chi connectivity index (χ1) is 8.40. The molecule has 3 heteroatoms. The van der Waals surface area contributed by atoms with Crippen molar-refractivity contribution in [2.75, 3.05) is 18.2 Å². The van der Waals surface area contributed by atoms with Crippen LogP contribution in [-0.2, 0) is 0 Å². The van der Waals surface area contributed by atoms with Gasteiger partial charge in [0, 0.05) is 29.1 Å². The van der Waals surface area contributed by atoms with Gasteiger partial charge < -0.3 is 5.32 Å². The van der Waals surface area contributed by atoms with E-state index in [0.717, 1.165) is 18.2 Å². The van der Waals surface area contributed by atoms with Crippen molar-refractivity contribution in [3.05, 3.63) is 30.3 Å². The Morgan fingerprint density at radius 2 is 2.06 bits per heavy atom. The molecule has 1 aromatic carbocycles. The molecule has 17 heavy (non-hydrogen) atoms. The topological polar surface area (TPSA) is 12.0 Å². The van der Waals surface area contributed by atoms with Gasteiger partial charge in [0.15, 0.2) is 0 Å². The number of nitrogens with one attached hydrogen (secondary N) is 1. The van der Waals surface area contributed by atoms with Crippen LogP contribution in [0.2, 0.25) is 0 Å². The molecule has 0 radical (unpaired) electrons. The third-order valence-electron chi connectivity index (χ3n) is 3.38. The van der Waals surface area contributed by atoms with Crippen molar-refractivity contribution in [1.82, 2.24) is 5.32 Å². The molecule has 0 bridgehead atoms. The lowest BCUT2D eigenvalue weighted by Gasteiger charge is -2.18. The van der Waals surface area contributed by atoms with Crippen molar-refractivity contribution in [3.8, 4) is 0 Å². The van der Waals surface area contributed by atoms with Gasteiger partial charge in [-0.15, -0.1) is 23.4 Å². The average Bonchev–Trinajstić information content (AvgIpc) is 2.83. The molecule has 1 aliphatic rings. The molecular weight excluding hydrogens is 250 g/mol. The molecule has 1 saturated carbocycles. The summed E-state index contributed by atoms with van der Waals surface area (Å²) in [5.41, 5.74) is 0. The second-order valence-electron chi connectivity index (χ2n) is 4.57. The van der Waals surface area contributed by atoms with Crippen LogP contribution in [0, 0.1) is 5.92 Å². The van der Waals surface area contributed by atoms with E-state index in [4.69, 9.17) is 11.6 Å². The van der Waals surface area contributed by atoms with Crippen LogP contribution in [0.3, 0.4) is 0 Å². The molecule has 2 rings (SSSR count). The third kappa shape index (κ3) is 4.20. The second-order valence-corrected chi connectivity index (χ2v) is 6.04. The number of thioether (sulfide) groups is 1. The van der Waals surface area contributed by atoms with Crippen LogP contribution in [0.4, 0.5) is 0 Å². The summed E-state index contributed by atoms with van der Waals surface area (Å²) in [5.74, 6) is 2.64. The van der Waals surface area contributed by atoms with Gasteiger partial charge >= 0.3 is 0 Å². The predicted octanol–water partition coefficient (Wildman–Crippen LogP) is 3.78. The molecule has 1 fully saturated rings. The van der Waals surface area contributed by atoms with Crippen LogP contribution >= 0.6 is 23.4 Å². The average molecular weight is 270 g/mol. The summed E-state index contributed by atoms with van der Waals surface area (Å²) in [5, 5.41) is 3.65. The molecule has 2 unspecified atom stereocenters. The number of hydrogen-bond acceptors (Lipinski definition) is 2. The Morgan fingerprint density at radius 3 is 2.82 bits per heavy atom. The Hall–Kier alpha value is -0.180. The van der Waals surface area contributed by atoms with E-state index in [2.05, 4.69) is 35.6 Å². The monoisotopic (exact) mass is 269 g/mol. The molecule has 0 heterocycles. The third-order valence-corrected chi connectivity index (χ3v) is 4.79. The van der Waals surface area contributed by atoms with E-state index in [1.165, 1.54) is 24.2 Å². The normalized spacial score (nSPS) is 24.1. The van der Waals surface area contributed by atoms with Crippen LogP contribution in [0.5, 0.6) is 0 Å². The van der Waals surface area contributed by atoms with Crippen LogP contribution in [0.15, 0.2) is 35.2 Å². The van der Waals surface area contributed by atoms with Gasteiger partial charge in [0.2, 0.25) is 0 Å². The number of benzene rings is 1. The molecule has 0 aromatic heterocycles. The highest BCUT2D eigenvalue weighted by Gasteiger charge is 2.25. The van der Waals surface area contributed by atoms with E-state index < -0.39 is 0 Å². The van der Waals surface area contributed by atoms with E-state index in [1.807, 2.05) is 11.8 Å². The highest BCUT2D eigenvalue weighted by Crippen LogP contribution is 2.26. The van der Waals surface area contributed by atoms with Gasteiger partial charge in [-0.3, -0.25) is 0 Å². The van der Waals surface area contributed by atoms with Gasteiger partial charge in [-0.25, -0.2) is 0 Å². The van der Waals surface area contributed by atoms with Crippen molar-refractivity contribution in [2.24, 2.45) is 5.92 Å². The molecule has 1 aromatic rings. The molecule has 1 aliphatic carbocycles. The smallest absolute Gasteiger partial charge is 0.0266 e. The maximum atomic E-state index is 5.97. The largest absolute Gasteiger partial charge is 0.313 e. The van der Waals surface area contributed by atoms with E-state index in [0.29, 0.717) is 12.0 Å². The van der Waals surface area contributed by atoms with Gasteiger partial charge in [0.25, 0.3) is 0 Å². The maximum Gasteiger partial charge on any atom is 0.0266 e. The summed E-state index contributed by atoms with van der Waals surface area (Å²) in [4.78, 5) is 1.36. The van der Waals surface area contributed by atoms with E-state index in [9.17, 15) is 0 Å². The van der Waals surface area contributed by atoms with Crippen LogP contribution in [0.1, 0.15) is 19.3 Å².